The number of nitrogens with one attached hydrogen (secondary N) is 1. The lowest BCUT2D eigenvalue weighted by molar-refractivity contribution is -0.663. The number of thioether (sulfide) groups is 1. The molecule has 3 atom stereocenters. The largest absolute Gasteiger partial charge is 0.543 e. The zero-order valence-corrected chi connectivity index (χ0v) is 25.0. The van der Waals surface area contributed by atoms with Crippen molar-refractivity contribution in [2.24, 2.45) is 5.16 Å². The zero-order chi connectivity index (χ0) is 31.2. The Morgan fingerprint density at radius 1 is 1.40 bits per heavy atom. The summed E-state index contributed by atoms with van der Waals surface area (Å²) in [7, 11) is 0. The normalized spacial score (nSPS) is 19.2. The Labute approximate surface area is 256 Å². The van der Waals surface area contributed by atoms with E-state index in [9.17, 15) is 24.3 Å². The first kappa shape index (κ1) is 30.1. The number of aromatic nitrogens is 3. The van der Waals surface area contributed by atoms with Crippen LogP contribution in [0.4, 0.5) is 10.9 Å². The maximum absolute atomic E-state index is 13.3. The number of carboxylic acids is 2. The highest BCUT2D eigenvalue weighted by molar-refractivity contribution is 8.00. The fraction of sp³-hybridized carbons (Fsp3) is 0.320. The topological polar surface area (TPSA) is 222 Å². The SMILES string of the molecule is CCn1c(N)cc2c1ccc[n+]2CC1=C(C(=O)[O-])N2C(=O)C(NC(=O)/C(=N\O[C@@H](C)C(=O)O)c3nc(N)sc3Cl)C2SC1. The summed E-state index contributed by atoms with van der Waals surface area (Å²) in [5.41, 5.74) is 13.0. The van der Waals surface area contributed by atoms with E-state index in [1.807, 2.05) is 28.2 Å². The molecule has 3 aromatic heterocycles. The Morgan fingerprint density at radius 2 is 2.14 bits per heavy atom. The Balaban J connectivity index is 1.40. The number of carboxylic acid groups (broad SMARTS) is 2. The third kappa shape index (κ3) is 5.46. The van der Waals surface area contributed by atoms with Crippen LogP contribution in [0.2, 0.25) is 4.34 Å². The number of amides is 2. The molecule has 0 radical (unpaired) electrons. The number of rotatable bonds is 10. The van der Waals surface area contributed by atoms with Crippen molar-refractivity contribution >= 4 is 86.1 Å². The average molecular weight is 649 g/mol. The van der Waals surface area contributed by atoms with Gasteiger partial charge in [0.05, 0.1) is 17.7 Å². The van der Waals surface area contributed by atoms with Gasteiger partial charge < -0.3 is 41.2 Å². The second-order valence-electron chi connectivity index (χ2n) is 9.52. The molecule has 0 saturated carbocycles. The van der Waals surface area contributed by atoms with Crippen molar-refractivity contribution in [3.05, 3.63) is 45.7 Å². The number of hydrogen-bond donors (Lipinski definition) is 4. The highest BCUT2D eigenvalue weighted by Gasteiger charge is 2.53. The van der Waals surface area contributed by atoms with Crippen LogP contribution in [0.25, 0.3) is 11.0 Å². The average Bonchev–Trinajstić information content (AvgIpc) is 3.47. The number of carbonyl (C=O) groups excluding carboxylic acids is 3. The van der Waals surface area contributed by atoms with Gasteiger partial charge in [0, 0.05) is 23.9 Å². The Hall–Kier alpha value is -4.35. The molecular formula is C25H25ClN8O7S2. The second kappa shape index (κ2) is 11.7. The molecule has 226 valence electrons. The molecule has 2 aliphatic heterocycles. The highest BCUT2D eigenvalue weighted by Crippen LogP contribution is 2.40. The summed E-state index contributed by atoms with van der Waals surface area (Å²) in [5.74, 6) is -3.71. The van der Waals surface area contributed by atoms with Gasteiger partial charge in [0.15, 0.2) is 23.6 Å². The predicted molar refractivity (Wildman–Crippen MR) is 156 cm³/mol. The van der Waals surface area contributed by atoms with E-state index in [2.05, 4.69) is 15.5 Å². The maximum Gasteiger partial charge on any atom is 0.347 e. The van der Waals surface area contributed by atoms with Gasteiger partial charge in [0.2, 0.25) is 11.6 Å². The molecule has 15 nitrogen and oxygen atoms in total. The van der Waals surface area contributed by atoms with E-state index in [4.69, 9.17) is 33.0 Å². The fourth-order valence-corrected chi connectivity index (χ4v) is 7.09. The number of carbonyl (C=O) groups is 4. The molecule has 1 fully saturated rings. The molecule has 5 rings (SSSR count). The molecule has 5 heterocycles. The molecule has 0 aromatic carbocycles. The van der Waals surface area contributed by atoms with Crippen LogP contribution in [-0.4, -0.2) is 72.3 Å². The highest BCUT2D eigenvalue weighted by atomic mass is 35.5. The quantitative estimate of drug-likeness (QED) is 0.0951. The van der Waals surface area contributed by atoms with Crippen molar-refractivity contribution in [1.82, 2.24) is 19.8 Å². The van der Waals surface area contributed by atoms with Crippen molar-refractivity contribution in [3.63, 3.8) is 0 Å². The van der Waals surface area contributed by atoms with Crippen molar-refractivity contribution in [3.8, 4) is 0 Å². The third-order valence-corrected chi connectivity index (χ3v) is 9.30. The molecule has 0 bridgehead atoms. The number of oxime groups is 1. The van der Waals surface area contributed by atoms with Crippen LogP contribution >= 0.6 is 34.7 Å². The lowest BCUT2D eigenvalue weighted by Gasteiger charge is -2.50. The van der Waals surface area contributed by atoms with Crippen LogP contribution < -0.4 is 26.5 Å². The lowest BCUT2D eigenvalue weighted by Crippen LogP contribution is -2.71. The summed E-state index contributed by atoms with van der Waals surface area (Å²) in [5, 5.41) is 26.8. The van der Waals surface area contributed by atoms with Gasteiger partial charge in [-0.15, -0.1) is 11.8 Å². The van der Waals surface area contributed by atoms with Crippen LogP contribution in [0, 0.1) is 0 Å². The number of fused-ring (bicyclic) bond motifs is 2. The number of nitrogens with two attached hydrogens (primary N) is 2. The van der Waals surface area contributed by atoms with E-state index in [1.165, 1.54) is 18.7 Å². The standard InChI is InChI=1S/C25H25ClN8O7S2/c1-3-33-12-5-4-6-32(13(12)7-14(33)27)8-11-9-42-22-17(21(36)34(22)18(11)24(39)40)29-20(35)16(31-41-10(2)23(37)38)15-19(26)43-25(28)30-15/h4-7,10,17,22,27H,3,8-9H2,1-2H3,(H5,28,29,30,35,37,38,39,40)/b31-16-/t10-,17?,22?/m0/s1. The number of pyridine rings is 1. The Kier molecular flexibility index (Phi) is 8.22. The van der Waals surface area contributed by atoms with E-state index in [0.29, 0.717) is 17.9 Å². The lowest BCUT2D eigenvalue weighted by atomic mass is 10.0. The molecule has 3 aromatic rings. The van der Waals surface area contributed by atoms with Crippen molar-refractivity contribution < 1.29 is 38.8 Å². The minimum Gasteiger partial charge on any atom is -0.543 e. The number of aliphatic carboxylic acids is 2. The van der Waals surface area contributed by atoms with Gasteiger partial charge in [0.25, 0.3) is 11.8 Å². The Bertz CT molecular complexity index is 1740. The number of thiazole rings is 1. The van der Waals surface area contributed by atoms with Crippen LogP contribution in [0.1, 0.15) is 19.5 Å². The maximum atomic E-state index is 13.3. The number of nitrogens with zero attached hydrogens (tertiary/aromatic N) is 5. The summed E-state index contributed by atoms with van der Waals surface area (Å²) in [4.78, 5) is 60.0. The number of halogens is 1. The summed E-state index contributed by atoms with van der Waals surface area (Å²) in [6.45, 7) is 3.97. The number of anilines is 2. The van der Waals surface area contributed by atoms with Crippen molar-refractivity contribution in [1.29, 1.82) is 0 Å². The van der Waals surface area contributed by atoms with E-state index >= 15 is 0 Å². The summed E-state index contributed by atoms with van der Waals surface area (Å²) >= 11 is 8.26. The van der Waals surface area contributed by atoms with Gasteiger partial charge in [-0.3, -0.25) is 14.5 Å². The molecule has 2 aliphatic rings. The molecule has 6 N–H and O–H groups in total. The summed E-state index contributed by atoms with van der Waals surface area (Å²) in [6.07, 6.45) is 0.381. The third-order valence-electron chi connectivity index (χ3n) is 6.88. The minimum atomic E-state index is -1.53. The minimum absolute atomic E-state index is 0.0121. The van der Waals surface area contributed by atoms with Gasteiger partial charge in [-0.05, 0) is 19.9 Å². The van der Waals surface area contributed by atoms with Gasteiger partial charge in [0.1, 0.15) is 32.8 Å². The van der Waals surface area contributed by atoms with Gasteiger partial charge in [-0.25, -0.2) is 9.78 Å². The van der Waals surface area contributed by atoms with E-state index in [1.54, 1.807) is 12.3 Å². The first-order valence-electron chi connectivity index (χ1n) is 12.8. The molecule has 0 aliphatic carbocycles. The predicted octanol–water partition coefficient (Wildman–Crippen LogP) is -0.479. The van der Waals surface area contributed by atoms with Crippen LogP contribution in [-0.2, 0) is 37.1 Å². The van der Waals surface area contributed by atoms with E-state index < -0.39 is 47.0 Å². The van der Waals surface area contributed by atoms with Crippen LogP contribution in [0.15, 0.2) is 40.8 Å². The molecule has 43 heavy (non-hydrogen) atoms. The monoisotopic (exact) mass is 648 g/mol. The van der Waals surface area contributed by atoms with E-state index in [-0.39, 0.29) is 33.2 Å². The smallest absolute Gasteiger partial charge is 0.347 e. The molecule has 2 amide bonds. The number of hydrogen-bond acceptors (Lipinski definition) is 12. The molecule has 18 heteroatoms. The summed E-state index contributed by atoms with van der Waals surface area (Å²) < 4.78 is 3.77. The molecular weight excluding hydrogens is 624 g/mol. The fourth-order valence-electron chi connectivity index (χ4n) is 4.82. The van der Waals surface area contributed by atoms with Crippen LogP contribution in [0.5, 0.6) is 0 Å². The molecule has 0 spiro atoms. The first-order chi connectivity index (χ1) is 20.4. The Morgan fingerprint density at radius 3 is 2.77 bits per heavy atom. The van der Waals surface area contributed by atoms with Gasteiger partial charge in [-0.2, -0.15) is 4.57 Å². The van der Waals surface area contributed by atoms with Crippen LogP contribution in [0.3, 0.4) is 0 Å². The number of β-lactam (4-membered cyclic amide) rings is 1. The van der Waals surface area contributed by atoms with Crippen molar-refractivity contribution in [2.75, 3.05) is 17.2 Å². The first-order valence-corrected chi connectivity index (χ1v) is 15.0. The van der Waals surface area contributed by atoms with Gasteiger partial charge in [-0.1, -0.05) is 28.1 Å². The molecule has 1 saturated heterocycles. The zero-order valence-electron chi connectivity index (χ0n) is 22.6. The number of aryl methyl sites for hydroxylation is 1. The van der Waals surface area contributed by atoms with Gasteiger partial charge >= 0.3 is 5.97 Å². The van der Waals surface area contributed by atoms with E-state index in [0.717, 1.165) is 27.3 Å². The number of nitrogen functional groups attached to an aromatic ring is 2. The molecule has 2 unspecified atom stereocenters. The second-order valence-corrected chi connectivity index (χ2v) is 12.3. The van der Waals surface area contributed by atoms with Crippen molar-refractivity contribution in [2.45, 2.75) is 44.5 Å². The summed E-state index contributed by atoms with van der Waals surface area (Å²) in [6, 6.07) is 4.41.